The van der Waals surface area contributed by atoms with Crippen LogP contribution in [0.15, 0.2) is 24.3 Å². The molecule has 1 aromatic carbocycles. The summed E-state index contributed by atoms with van der Waals surface area (Å²) in [5, 5.41) is 4.32. The predicted octanol–water partition coefficient (Wildman–Crippen LogP) is 3.76. The highest BCUT2D eigenvalue weighted by Gasteiger charge is 2.25. The van der Waals surface area contributed by atoms with Gasteiger partial charge in [0.15, 0.2) is 0 Å². The molecular formula is C18H30N2S. The van der Waals surface area contributed by atoms with Gasteiger partial charge in [-0.2, -0.15) is 11.8 Å². The Morgan fingerprint density at radius 1 is 1.24 bits per heavy atom. The van der Waals surface area contributed by atoms with Crippen molar-refractivity contribution in [1.82, 2.24) is 10.2 Å². The van der Waals surface area contributed by atoms with Crippen LogP contribution in [0.2, 0.25) is 0 Å². The van der Waals surface area contributed by atoms with E-state index in [-0.39, 0.29) is 0 Å². The molecule has 2 rings (SSSR count). The van der Waals surface area contributed by atoms with Crippen molar-refractivity contribution in [2.24, 2.45) is 5.92 Å². The summed E-state index contributed by atoms with van der Waals surface area (Å²) in [5.74, 6) is 1.97. The molecule has 2 nitrogen and oxygen atoms in total. The van der Waals surface area contributed by atoms with Crippen LogP contribution in [-0.2, 0) is 13.1 Å². The van der Waals surface area contributed by atoms with Crippen molar-refractivity contribution in [2.75, 3.05) is 18.8 Å². The SMILES string of the molecule is CC(C)CNCc1ccccc1CN1CCSC(C)C1C. The highest BCUT2D eigenvalue weighted by molar-refractivity contribution is 8.00. The van der Waals surface area contributed by atoms with Crippen LogP contribution in [0, 0.1) is 5.92 Å². The molecule has 0 aromatic heterocycles. The monoisotopic (exact) mass is 306 g/mol. The van der Waals surface area contributed by atoms with E-state index in [2.05, 4.69) is 73.9 Å². The number of nitrogens with zero attached hydrogens (tertiary/aromatic N) is 1. The minimum absolute atomic E-state index is 0.667. The van der Waals surface area contributed by atoms with E-state index in [1.165, 1.54) is 23.4 Å². The molecule has 2 unspecified atom stereocenters. The van der Waals surface area contributed by atoms with Gasteiger partial charge in [0, 0.05) is 36.7 Å². The van der Waals surface area contributed by atoms with Crippen LogP contribution in [0.5, 0.6) is 0 Å². The predicted molar refractivity (Wildman–Crippen MR) is 94.8 cm³/mol. The number of rotatable bonds is 6. The third kappa shape index (κ3) is 5.01. The number of thioether (sulfide) groups is 1. The minimum Gasteiger partial charge on any atom is -0.312 e. The van der Waals surface area contributed by atoms with E-state index in [9.17, 15) is 0 Å². The van der Waals surface area contributed by atoms with Gasteiger partial charge >= 0.3 is 0 Å². The molecule has 1 saturated heterocycles. The molecule has 1 aliphatic heterocycles. The quantitative estimate of drug-likeness (QED) is 0.861. The third-order valence-electron chi connectivity index (χ3n) is 4.37. The van der Waals surface area contributed by atoms with Crippen LogP contribution >= 0.6 is 11.8 Å². The Morgan fingerprint density at radius 3 is 2.67 bits per heavy atom. The third-order valence-corrected chi connectivity index (χ3v) is 5.71. The maximum atomic E-state index is 3.58. The molecule has 1 N–H and O–H groups in total. The van der Waals surface area contributed by atoms with Gasteiger partial charge in [0.05, 0.1) is 0 Å². The Hall–Kier alpha value is -0.510. The van der Waals surface area contributed by atoms with Crippen molar-refractivity contribution >= 4 is 11.8 Å². The molecule has 0 amide bonds. The van der Waals surface area contributed by atoms with Gasteiger partial charge in [0.1, 0.15) is 0 Å². The molecule has 21 heavy (non-hydrogen) atoms. The number of nitrogens with one attached hydrogen (secondary N) is 1. The van der Waals surface area contributed by atoms with Gasteiger partial charge in [0.2, 0.25) is 0 Å². The maximum absolute atomic E-state index is 3.58. The lowest BCUT2D eigenvalue weighted by Crippen LogP contribution is -2.44. The van der Waals surface area contributed by atoms with Crippen LogP contribution in [0.25, 0.3) is 0 Å². The highest BCUT2D eigenvalue weighted by Crippen LogP contribution is 2.26. The van der Waals surface area contributed by atoms with Gasteiger partial charge in [-0.3, -0.25) is 4.90 Å². The Bertz CT molecular complexity index is 433. The van der Waals surface area contributed by atoms with Gasteiger partial charge in [0.25, 0.3) is 0 Å². The van der Waals surface area contributed by atoms with E-state index in [1.807, 2.05) is 0 Å². The Morgan fingerprint density at radius 2 is 1.95 bits per heavy atom. The van der Waals surface area contributed by atoms with Crippen LogP contribution < -0.4 is 5.32 Å². The molecule has 0 radical (unpaired) electrons. The summed E-state index contributed by atoms with van der Waals surface area (Å²) in [6, 6.07) is 9.57. The molecule has 0 saturated carbocycles. The van der Waals surface area contributed by atoms with E-state index in [0.29, 0.717) is 12.0 Å². The van der Waals surface area contributed by atoms with E-state index in [0.717, 1.165) is 24.9 Å². The van der Waals surface area contributed by atoms with Crippen molar-refractivity contribution in [3.05, 3.63) is 35.4 Å². The molecule has 118 valence electrons. The van der Waals surface area contributed by atoms with E-state index in [4.69, 9.17) is 0 Å². The number of hydrogen-bond donors (Lipinski definition) is 1. The fourth-order valence-electron chi connectivity index (χ4n) is 2.82. The second kappa shape index (κ2) is 8.21. The molecule has 1 fully saturated rings. The zero-order chi connectivity index (χ0) is 15.2. The largest absolute Gasteiger partial charge is 0.312 e. The second-order valence-electron chi connectivity index (χ2n) is 6.58. The molecule has 3 heteroatoms. The molecule has 1 aliphatic rings. The lowest BCUT2D eigenvalue weighted by Gasteiger charge is -2.37. The van der Waals surface area contributed by atoms with Gasteiger partial charge < -0.3 is 5.32 Å². The van der Waals surface area contributed by atoms with Crippen LogP contribution in [0.1, 0.15) is 38.8 Å². The Balaban J connectivity index is 1.99. The summed E-state index contributed by atoms with van der Waals surface area (Å²) >= 11 is 2.11. The molecule has 2 atom stereocenters. The topological polar surface area (TPSA) is 15.3 Å². The first-order chi connectivity index (χ1) is 10.1. The summed E-state index contributed by atoms with van der Waals surface area (Å²) in [5.41, 5.74) is 2.94. The zero-order valence-corrected chi connectivity index (χ0v) is 14.7. The molecule has 0 aliphatic carbocycles. The van der Waals surface area contributed by atoms with Crippen molar-refractivity contribution < 1.29 is 0 Å². The van der Waals surface area contributed by atoms with Gasteiger partial charge in [-0.15, -0.1) is 0 Å². The normalized spacial score (nSPS) is 23.7. The smallest absolute Gasteiger partial charge is 0.0240 e. The molecule has 1 aromatic rings. The summed E-state index contributed by atoms with van der Waals surface area (Å²) in [6.07, 6.45) is 0. The lowest BCUT2D eigenvalue weighted by molar-refractivity contribution is 0.204. The van der Waals surface area contributed by atoms with Crippen LogP contribution in [-0.4, -0.2) is 35.0 Å². The summed E-state index contributed by atoms with van der Waals surface area (Å²) in [4.78, 5) is 2.64. The standard InChI is InChI=1S/C18H30N2S/c1-14(2)11-19-12-17-7-5-6-8-18(17)13-20-9-10-21-16(4)15(20)3/h5-8,14-16,19H,9-13H2,1-4H3. The van der Waals surface area contributed by atoms with Crippen molar-refractivity contribution in [2.45, 2.75) is 52.1 Å². The minimum atomic E-state index is 0.667. The number of benzene rings is 1. The fraction of sp³-hybridized carbons (Fsp3) is 0.667. The van der Waals surface area contributed by atoms with Gasteiger partial charge in [-0.25, -0.2) is 0 Å². The summed E-state index contributed by atoms with van der Waals surface area (Å²) < 4.78 is 0. The summed E-state index contributed by atoms with van der Waals surface area (Å²) in [7, 11) is 0. The van der Waals surface area contributed by atoms with E-state index in [1.54, 1.807) is 0 Å². The lowest BCUT2D eigenvalue weighted by atomic mass is 10.1. The molecule has 0 spiro atoms. The average molecular weight is 307 g/mol. The van der Waals surface area contributed by atoms with E-state index >= 15 is 0 Å². The first-order valence-electron chi connectivity index (χ1n) is 8.21. The van der Waals surface area contributed by atoms with Crippen LogP contribution in [0.4, 0.5) is 0 Å². The Labute approximate surface area is 134 Å². The second-order valence-corrected chi connectivity index (χ2v) is 8.07. The molecule has 1 heterocycles. The van der Waals surface area contributed by atoms with Crippen molar-refractivity contribution in [1.29, 1.82) is 0 Å². The van der Waals surface area contributed by atoms with Gasteiger partial charge in [-0.05, 0) is 30.5 Å². The molecule has 0 bridgehead atoms. The first kappa shape index (κ1) is 16.9. The van der Waals surface area contributed by atoms with E-state index < -0.39 is 0 Å². The zero-order valence-electron chi connectivity index (χ0n) is 13.9. The van der Waals surface area contributed by atoms with Crippen LogP contribution in [0.3, 0.4) is 0 Å². The number of hydrogen-bond acceptors (Lipinski definition) is 3. The maximum Gasteiger partial charge on any atom is 0.0240 e. The average Bonchev–Trinajstić information content (AvgIpc) is 2.45. The Kier molecular flexibility index (Phi) is 6.59. The van der Waals surface area contributed by atoms with Gasteiger partial charge in [-0.1, -0.05) is 45.0 Å². The summed E-state index contributed by atoms with van der Waals surface area (Å²) in [6.45, 7) is 13.6. The van der Waals surface area contributed by atoms with Crippen molar-refractivity contribution in [3.63, 3.8) is 0 Å². The highest BCUT2D eigenvalue weighted by atomic mass is 32.2. The van der Waals surface area contributed by atoms with Crippen molar-refractivity contribution in [3.8, 4) is 0 Å². The molecular weight excluding hydrogens is 276 g/mol. The fourth-order valence-corrected chi connectivity index (χ4v) is 3.98. The first-order valence-corrected chi connectivity index (χ1v) is 9.26.